The predicted molar refractivity (Wildman–Crippen MR) is 157 cm³/mol. The molecule has 0 aliphatic carbocycles. The number of methoxy groups -OCH3 is 1. The van der Waals surface area contributed by atoms with E-state index in [9.17, 15) is 18.0 Å². The number of esters is 1. The van der Waals surface area contributed by atoms with E-state index in [1.54, 1.807) is 24.0 Å². The molecule has 0 saturated carbocycles. The Labute approximate surface area is 245 Å². The third-order valence-electron chi connectivity index (χ3n) is 6.68. The van der Waals surface area contributed by atoms with Gasteiger partial charge in [-0.1, -0.05) is 55.3 Å². The molecule has 1 aliphatic rings. The number of carbonyl (C=O) groups excluding carboxylic acids is 2. The number of furan rings is 1. The lowest BCUT2D eigenvalue weighted by Gasteiger charge is -2.21. The number of ether oxygens (including phenoxy) is 1. The Hall–Kier alpha value is -3.66. The van der Waals surface area contributed by atoms with Gasteiger partial charge in [0.2, 0.25) is 10.0 Å². The largest absolute Gasteiger partial charge is 0.465 e. The van der Waals surface area contributed by atoms with Crippen LogP contribution in [0.15, 0.2) is 86.8 Å². The molecule has 2 heterocycles. The first-order valence-electron chi connectivity index (χ1n) is 13.1. The molecular formula is C31H33ClN2O6S. The number of carbonyl (C=O) groups is 2. The SMILES string of the molecule is COC(=O)C1=C(C)N(CC(C)C)C(=O)/C1=C/c1ccc(CN(Cc2ccc(C)cc2)S(=O)(=O)c2ccc(Cl)cc2)o1. The van der Waals surface area contributed by atoms with Crippen LogP contribution in [0.5, 0.6) is 0 Å². The number of halogens is 1. The van der Waals surface area contributed by atoms with Gasteiger partial charge in [0, 0.05) is 23.8 Å². The molecule has 1 aliphatic heterocycles. The van der Waals surface area contributed by atoms with Gasteiger partial charge in [0.05, 0.1) is 29.7 Å². The summed E-state index contributed by atoms with van der Waals surface area (Å²) >= 11 is 5.99. The molecule has 3 aromatic rings. The minimum atomic E-state index is -3.93. The van der Waals surface area contributed by atoms with Crippen LogP contribution in [-0.4, -0.2) is 43.2 Å². The van der Waals surface area contributed by atoms with Gasteiger partial charge < -0.3 is 14.1 Å². The van der Waals surface area contributed by atoms with E-state index in [-0.39, 0.29) is 41.0 Å². The molecular weight excluding hydrogens is 564 g/mol. The summed E-state index contributed by atoms with van der Waals surface area (Å²) in [5.41, 5.74) is 2.75. The fourth-order valence-electron chi connectivity index (χ4n) is 4.56. The van der Waals surface area contributed by atoms with Gasteiger partial charge in [-0.2, -0.15) is 4.31 Å². The molecule has 1 aromatic heterocycles. The highest BCUT2D eigenvalue weighted by Crippen LogP contribution is 2.33. The molecule has 216 valence electrons. The number of sulfonamides is 1. The van der Waals surface area contributed by atoms with Crippen molar-refractivity contribution in [2.24, 2.45) is 5.92 Å². The first-order valence-corrected chi connectivity index (χ1v) is 15.0. The number of amides is 1. The van der Waals surface area contributed by atoms with Crippen LogP contribution in [0.25, 0.3) is 6.08 Å². The van der Waals surface area contributed by atoms with Crippen molar-refractivity contribution in [2.45, 2.75) is 45.7 Å². The van der Waals surface area contributed by atoms with E-state index in [0.717, 1.165) is 11.1 Å². The van der Waals surface area contributed by atoms with Crippen molar-refractivity contribution >= 4 is 39.6 Å². The van der Waals surface area contributed by atoms with E-state index in [2.05, 4.69) is 0 Å². The second kappa shape index (κ2) is 12.5. The standard InChI is InChI=1S/C31H33ClN2O6S/c1-20(2)17-34-22(4)29(31(36)39-5)28(30(34)35)16-25-12-13-26(40-25)19-33(18-23-8-6-21(3)7-9-23)41(37,38)27-14-10-24(32)11-15-27/h6-16,20H,17-19H2,1-5H3/b28-16+. The number of benzene rings is 2. The highest BCUT2D eigenvalue weighted by molar-refractivity contribution is 7.89. The molecule has 0 unspecified atom stereocenters. The molecule has 0 radical (unpaired) electrons. The summed E-state index contributed by atoms with van der Waals surface area (Å²) in [5.74, 6) is -0.0711. The minimum Gasteiger partial charge on any atom is -0.465 e. The molecule has 0 fully saturated rings. The highest BCUT2D eigenvalue weighted by atomic mass is 35.5. The van der Waals surface area contributed by atoms with Gasteiger partial charge in [0.1, 0.15) is 11.5 Å². The summed E-state index contributed by atoms with van der Waals surface area (Å²) in [4.78, 5) is 27.6. The molecule has 2 aromatic carbocycles. The average molecular weight is 597 g/mol. The van der Waals surface area contributed by atoms with Crippen molar-refractivity contribution in [1.29, 1.82) is 0 Å². The van der Waals surface area contributed by atoms with Crippen LogP contribution in [0.2, 0.25) is 5.02 Å². The number of nitrogens with zero attached hydrogens (tertiary/aromatic N) is 2. The molecule has 1 amide bonds. The molecule has 0 saturated heterocycles. The summed E-state index contributed by atoms with van der Waals surface area (Å²) in [5, 5.41) is 0.432. The zero-order valence-corrected chi connectivity index (χ0v) is 25.3. The first-order chi connectivity index (χ1) is 19.4. The van der Waals surface area contributed by atoms with Gasteiger partial charge in [-0.15, -0.1) is 0 Å². The molecule has 0 N–H and O–H groups in total. The Morgan fingerprint density at radius 3 is 2.29 bits per heavy atom. The average Bonchev–Trinajstić information content (AvgIpc) is 3.46. The number of rotatable bonds is 10. The lowest BCUT2D eigenvalue weighted by molar-refractivity contribution is -0.136. The van der Waals surface area contributed by atoms with Gasteiger partial charge in [-0.3, -0.25) is 4.79 Å². The Morgan fingerprint density at radius 1 is 1.02 bits per heavy atom. The lowest BCUT2D eigenvalue weighted by Crippen LogP contribution is -2.30. The van der Waals surface area contributed by atoms with Crippen LogP contribution in [0, 0.1) is 12.8 Å². The van der Waals surface area contributed by atoms with Crippen molar-refractivity contribution in [3.8, 4) is 0 Å². The van der Waals surface area contributed by atoms with Gasteiger partial charge in [0.25, 0.3) is 5.91 Å². The Bertz CT molecular complexity index is 1600. The van der Waals surface area contributed by atoms with E-state index in [1.165, 1.54) is 41.8 Å². The Kier molecular flexibility index (Phi) is 9.21. The van der Waals surface area contributed by atoms with Crippen molar-refractivity contribution in [2.75, 3.05) is 13.7 Å². The summed E-state index contributed by atoms with van der Waals surface area (Å²) in [6.07, 6.45) is 1.50. The highest BCUT2D eigenvalue weighted by Gasteiger charge is 2.37. The zero-order chi connectivity index (χ0) is 29.9. The van der Waals surface area contributed by atoms with Gasteiger partial charge in [-0.05, 0) is 67.8 Å². The quantitative estimate of drug-likeness (QED) is 0.212. The topological polar surface area (TPSA) is 97.1 Å². The van der Waals surface area contributed by atoms with Crippen LogP contribution in [0.3, 0.4) is 0 Å². The number of hydrogen-bond donors (Lipinski definition) is 0. The third kappa shape index (κ3) is 6.81. The first kappa shape index (κ1) is 30.3. The minimum absolute atomic E-state index is 0.0614. The summed E-state index contributed by atoms with van der Waals surface area (Å²) in [6, 6.07) is 16.9. The van der Waals surface area contributed by atoms with Gasteiger partial charge in [0.15, 0.2) is 0 Å². The van der Waals surface area contributed by atoms with Crippen LogP contribution in [0.1, 0.15) is 43.4 Å². The fraction of sp³-hybridized carbons (Fsp3) is 0.290. The maximum atomic E-state index is 13.7. The van der Waals surface area contributed by atoms with Crippen LogP contribution in [-0.2, 0) is 37.4 Å². The van der Waals surface area contributed by atoms with E-state index in [4.69, 9.17) is 20.8 Å². The van der Waals surface area contributed by atoms with Gasteiger partial charge in [-0.25, -0.2) is 13.2 Å². The third-order valence-corrected chi connectivity index (χ3v) is 8.74. The van der Waals surface area contributed by atoms with Crippen LogP contribution < -0.4 is 0 Å². The summed E-state index contributed by atoms with van der Waals surface area (Å²) in [6.45, 7) is 8.14. The van der Waals surface area contributed by atoms with E-state index >= 15 is 0 Å². The number of hydrogen-bond acceptors (Lipinski definition) is 6. The summed E-state index contributed by atoms with van der Waals surface area (Å²) in [7, 11) is -2.66. The predicted octanol–water partition coefficient (Wildman–Crippen LogP) is 5.96. The number of aryl methyl sites for hydroxylation is 1. The molecule has 4 rings (SSSR count). The fourth-order valence-corrected chi connectivity index (χ4v) is 6.09. The second-order valence-electron chi connectivity index (χ2n) is 10.3. The molecule has 0 bridgehead atoms. The van der Waals surface area contributed by atoms with E-state index in [1.807, 2.05) is 45.0 Å². The second-order valence-corrected chi connectivity index (χ2v) is 12.7. The lowest BCUT2D eigenvalue weighted by atomic mass is 10.1. The van der Waals surface area contributed by atoms with Crippen molar-refractivity contribution < 1.29 is 27.2 Å². The smallest absolute Gasteiger partial charge is 0.340 e. The normalized spacial score (nSPS) is 15.1. The number of allylic oxidation sites excluding steroid dienone is 1. The Balaban J connectivity index is 1.67. The molecule has 8 nitrogen and oxygen atoms in total. The zero-order valence-electron chi connectivity index (χ0n) is 23.7. The van der Waals surface area contributed by atoms with Gasteiger partial charge >= 0.3 is 5.97 Å². The summed E-state index contributed by atoms with van der Waals surface area (Å²) < 4.78 is 39.6. The Morgan fingerprint density at radius 2 is 1.68 bits per heavy atom. The van der Waals surface area contributed by atoms with E-state index in [0.29, 0.717) is 28.8 Å². The molecule has 41 heavy (non-hydrogen) atoms. The van der Waals surface area contributed by atoms with Crippen LogP contribution in [0.4, 0.5) is 0 Å². The van der Waals surface area contributed by atoms with E-state index < -0.39 is 16.0 Å². The van der Waals surface area contributed by atoms with Crippen LogP contribution >= 0.6 is 11.6 Å². The molecule has 0 atom stereocenters. The van der Waals surface area contributed by atoms with Crippen molar-refractivity contribution in [3.05, 3.63) is 105 Å². The maximum absolute atomic E-state index is 13.7. The maximum Gasteiger partial charge on any atom is 0.340 e. The molecule has 10 heteroatoms. The van der Waals surface area contributed by atoms with Crippen molar-refractivity contribution in [1.82, 2.24) is 9.21 Å². The molecule has 0 spiro atoms. The van der Waals surface area contributed by atoms with Crippen molar-refractivity contribution in [3.63, 3.8) is 0 Å². The monoisotopic (exact) mass is 596 g/mol.